The quantitative estimate of drug-likeness (QED) is 0.119. The molecule has 54 heavy (non-hydrogen) atoms. The van der Waals surface area contributed by atoms with Crippen LogP contribution in [0, 0.1) is 19.8 Å². The number of H-pyrrole nitrogens is 2. The Balaban J connectivity index is 0.000000147. The van der Waals surface area contributed by atoms with Gasteiger partial charge < -0.3 is 31.7 Å². The number of carbonyl (C=O) groups is 2. The lowest BCUT2D eigenvalue weighted by Gasteiger charge is -2.15. The summed E-state index contributed by atoms with van der Waals surface area (Å²) in [7, 11) is 0. The number of nitrogens with two attached hydrogens (primary N) is 1. The van der Waals surface area contributed by atoms with Gasteiger partial charge in [-0.2, -0.15) is 4.39 Å². The zero-order valence-electron chi connectivity index (χ0n) is 30.7. The molecule has 4 aliphatic rings. The number of carbonyl (C=O) groups excluding carboxylic acids is 2. The average Bonchev–Trinajstić information content (AvgIpc) is 3.88. The average molecular weight is 751 g/mol. The van der Waals surface area contributed by atoms with Gasteiger partial charge in [-0.3, -0.25) is 9.59 Å². The van der Waals surface area contributed by atoms with Crippen molar-refractivity contribution in [3.8, 4) is 22.5 Å². The second-order valence-corrected chi connectivity index (χ2v) is 15.1. The summed E-state index contributed by atoms with van der Waals surface area (Å²) in [5, 5.41) is 9.24. The predicted molar refractivity (Wildman–Crippen MR) is 210 cm³/mol. The number of rotatable bonds is 4. The first-order chi connectivity index (χ1) is 25.4. The summed E-state index contributed by atoms with van der Waals surface area (Å²) in [5.41, 5.74) is 16.5. The van der Waals surface area contributed by atoms with Gasteiger partial charge in [-0.05, 0) is 77.6 Å². The third kappa shape index (κ3) is 7.51. The first kappa shape index (κ1) is 36.9. The van der Waals surface area contributed by atoms with Gasteiger partial charge in [0.15, 0.2) is 0 Å². The zero-order valence-corrected chi connectivity index (χ0v) is 31.6. The molecule has 6 aromatic rings. The van der Waals surface area contributed by atoms with Gasteiger partial charge in [0.1, 0.15) is 16.9 Å². The van der Waals surface area contributed by atoms with E-state index in [9.17, 15) is 14.0 Å². The van der Waals surface area contributed by atoms with Gasteiger partial charge in [0, 0.05) is 70.9 Å². The molecular weight excluding hydrogens is 707 g/mol. The van der Waals surface area contributed by atoms with Crippen molar-refractivity contribution in [2.75, 3.05) is 18.4 Å². The van der Waals surface area contributed by atoms with Crippen molar-refractivity contribution >= 4 is 52.1 Å². The van der Waals surface area contributed by atoms with Crippen LogP contribution in [0.3, 0.4) is 0 Å². The fraction of sp³-hybridized carbons (Fsp3) is 0.350. The van der Waals surface area contributed by atoms with Crippen molar-refractivity contribution in [1.29, 1.82) is 0 Å². The summed E-state index contributed by atoms with van der Waals surface area (Å²) in [4.78, 5) is 48.5. The molecule has 7 N–H and O–H groups in total. The second-order valence-electron chi connectivity index (χ2n) is 15.1. The van der Waals surface area contributed by atoms with Crippen LogP contribution < -0.4 is 21.7 Å². The Hall–Kier alpha value is -5.40. The molecule has 0 saturated heterocycles. The number of aromatic nitrogens is 6. The van der Waals surface area contributed by atoms with Crippen molar-refractivity contribution in [2.45, 2.75) is 77.3 Å². The van der Waals surface area contributed by atoms with Crippen LogP contribution in [0.15, 0.2) is 48.5 Å². The van der Waals surface area contributed by atoms with Crippen molar-refractivity contribution in [2.24, 2.45) is 5.73 Å². The fourth-order valence-electron chi connectivity index (χ4n) is 6.54. The first-order valence-electron chi connectivity index (χ1n) is 18.1. The van der Waals surface area contributed by atoms with Gasteiger partial charge in [-0.1, -0.05) is 24.3 Å². The van der Waals surface area contributed by atoms with Crippen LogP contribution in [0.4, 0.5) is 10.2 Å². The summed E-state index contributed by atoms with van der Waals surface area (Å²) in [5.74, 6) is 0.171. The molecule has 14 heteroatoms. The number of anilines is 1. The Morgan fingerprint density at radius 3 is 1.65 bits per heavy atom. The molecule has 4 aromatic heterocycles. The van der Waals surface area contributed by atoms with Gasteiger partial charge in [0.2, 0.25) is 5.95 Å². The summed E-state index contributed by atoms with van der Waals surface area (Å²) in [6.45, 7) is 9.16. The van der Waals surface area contributed by atoms with E-state index in [0.717, 1.165) is 87.7 Å². The first-order valence-corrected chi connectivity index (χ1v) is 18.1. The largest absolute Gasteiger partial charge is 0.363 e. The fourth-order valence-corrected chi connectivity index (χ4v) is 6.54. The minimum absolute atomic E-state index is 0. The summed E-state index contributed by atoms with van der Waals surface area (Å²) >= 11 is 0. The van der Waals surface area contributed by atoms with Crippen LogP contribution in [0.1, 0.15) is 83.0 Å². The molecule has 2 fully saturated rings. The van der Waals surface area contributed by atoms with Crippen LogP contribution >= 0.6 is 12.4 Å². The molecule has 0 bridgehead atoms. The lowest BCUT2D eigenvalue weighted by Crippen LogP contribution is -2.31. The number of hydrogen-bond donors (Lipinski definition) is 6. The van der Waals surface area contributed by atoms with E-state index in [-0.39, 0.29) is 41.0 Å². The molecule has 0 atom stereocenters. The Morgan fingerprint density at radius 1 is 0.704 bits per heavy atom. The van der Waals surface area contributed by atoms with Crippen LogP contribution in [-0.2, 0) is 12.8 Å². The van der Waals surface area contributed by atoms with E-state index in [2.05, 4.69) is 49.7 Å². The number of hydrogen-bond acceptors (Lipinski definition) is 8. The highest BCUT2D eigenvalue weighted by Crippen LogP contribution is 2.39. The van der Waals surface area contributed by atoms with E-state index in [1.165, 1.54) is 12.8 Å². The molecule has 280 valence electrons. The second kappa shape index (κ2) is 14.1. The number of halogens is 2. The van der Waals surface area contributed by atoms with E-state index >= 15 is 0 Å². The number of nitrogens with zero attached hydrogens (tertiary/aromatic N) is 4. The Kier molecular flexibility index (Phi) is 9.65. The van der Waals surface area contributed by atoms with Gasteiger partial charge in [0.05, 0.1) is 33.5 Å². The van der Waals surface area contributed by atoms with E-state index in [1.54, 1.807) is 19.1 Å². The Morgan fingerprint density at radius 2 is 1.19 bits per heavy atom. The molecular formula is C40H44ClFN10O2. The molecule has 2 aliphatic heterocycles. The maximum Gasteiger partial charge on any atom is 0.253 e. The summed E-state index contributed by atoms with van der Waals surface area (Å²) < 4.78 is 13.8. The SMILES string of the molecule is CC1(N)CC1.Cc1nc2cccc(-c3cc4c([nH]3)CCNC4=O)c2nc1F.Cc1nc2cccc(-c3cc4c([nH]3)CCNC4=O)c2nc1NC1(C)CC1.Cl. The van der Waals surface area contributed by atoms with Crippen LogP contribution in [0.5, 0.6) is 0 Å². The van der Waals surface area contributed by atoms with E-state index in [0.29, 0.717) is 29.7 Å². The molecule has 2 amide bonds. The molecule has 2 aromatic carbocycles. The minimum atomic E-state index is -0.575. The molecule has 10 rings (SSSR count). The van der Waals surface area contributed by atoms with Gasteiger partial charge in [-0.25, -0.2) is 19.9 Å². The van der Waals surface area contributed by atoms with Gasteiger partial charge >= 0.3 is 0 Å². The van der Waals surface area contributed by atoms with Crippen molar-refractivity contribution in [1.82, 2.24) is 40.5 Å². The Labute approximate surface area is 318 Å². The number of amides is 2. The van der Waals surface area contributed by atoms with Crippen molar-refractivity contribution in [3.05, 3.63) is 88.4 Å². The van der Waals surface area contributed by atoms with Gasteiger partial charge in [-0.15, -0.1) is 12.4 Å². The highest BCUT2D eigenvalue weighted by atomic mass is 35.5. The van der Waals surface area contributed by atoms with E-state index < -0.39 is 5.95 Å². The molecule has 2 saturated carbocycles. The summed E-state index contributed by atoms with van der Waals surface area (Å²) in [6, 6.07) is 15.2. The topological polar surface area (TPSA) is 179 Å². The third-order valence-electron chi connectivity index (χ3n) is 10.3. The van der Waals surface area contributed by atoms with Crippen LogP contribution in [0.2, 0.25) is 0 Å². The number of benzene rings is 2. The Bertz CT molecular complexity index is 2430. The number of fused-ring (bicyclic) bond motifs is 4. The molecule has 6 heterocycles. The number of para-hydroxylation sites is 2. The van der Waals surface area contributed by atoms with Crippen molar-refractivity contribution in [3.63, 3.8) is 0 Å². The zero-order chi connectivity index (χ0) is 37.1. The number of aryl methyl sites for hydroxylation is 2. The van der Waals surface area contributed by atoms with E-state index in [1.807, 2.05) is 43.3 Å². The molecule has 0 radical (unpaired) electrons. The standard InChI is InChI=1S/C20H21N5O.C16H13FN4O.C4H9N.ClH/c1-11-18(25-20(2)7-8-20)24-17-12(4-3-5-15(17)22-11)16-10-13-14(23-16)6-9-21-19(13)26;1-8-15(17)21-14-9(3-2-4-12(14)19-8)13-7-10-11(20-13)5-6-18-16(10)22;1-4(5)2-3-4;/h3-5,10,23H,6-9H2,1-2H3,(H,21,26)(H,24,25);2-4,7,20H,5-6H2,1H3,(H,18,22);2-3,5H2,1H3;1H. The highest BCUT2D eigenvalue weighted by molar-refractivity contribution is 6.00. The predicted octanol–water partition coefficient (Wildman–Crippen LogP) is 6.46. The normalized spacial score (nSPS) is 17.0. The smallest absolute Gasteiger partial charge is 0.253 e. The third-order valence-corrected chi connectivity index (χ3v) is 10.3. The van der Waals surface area contributed by atoms with E-state index in [4.69, 9.17) is 15.7 Å². The minimum Gasteiger partial charge on any atom is -0.363 e. The molecule has 2 aliphatic carbocycles. The molecule has 0 unspecified atom stereocenters. The monoisotopic (exact) mass is 750 g/mol. The number of nitrogens with one attached hydrogen (secondary N) is 5. The maximum absolute atomic E-state index is 13.8. The van der Waals surface area contributed by atoms with Crippen molar-refractivity contribution < 1.29 is 14.0 Å². The highest BCUT2D eigenvalue weighted by Gasteiger charge is 2.38. The molecule has 12 nitrogen and oxygen atoms in total. The van der Waals surface area contributed by atoms with Crippen LogP contribution in [-0.4, -0.2) is 65.9 Å². The van der Waals surface area contributed by atoms with Crippen LogP contribution in [0.25, 0.3) is 44.6 Å². The number of aromatic amines is 2. The summed E-state index contributed by atoms with van der Waals surface area (Å²) in [6.07, 6.45) is 6.35. The van der Waals surface area contributed by atoms with Gasteiger partial charge in [0.25, 0.3) is 11.8 Å². The lowest BCUT2D eigenvalue weighted by atomic mass is 10.1. The lowest BCUT2D eigenvalue weighted by molar-refractivity contribution is 0.0937. The maximum atomic E-state index is 13.8. The molecule has 0 spiro atoms.